The summed E-state index contributed by atoms with van der Waals surface area (Å²) < 4.78 is 45.8. The first-order valence-electron chi connectivity index (χ1n) is 5.34. The number of benzene rings is 1. The van der Waals surface area contributed by atoms with Crippen molar-refractivity contribution >= 4 is 17.7 Å². The topological polar surface area (TPSA) is 47.6 Å². The lowest BCUT2D eigenvalue weighted by molar-refractivity contribution is -0.0327. The number of hydrogen-bond donors (Lipinski definition) is 1. The van der Waals surface area contributed by atoms with Crippen molar-refractivity contribution < 1.29 is 27.4 Å². The van der Waals surface area contributed by atoms with E-state index in [1.807, 2.05) is 0 Å². The lowest BCUT2D eigenvalue weighted by Crippen LogP contribution is -2.26. The van der Waals surface area contributed by atoms with Crippen LogP contribution in [0.15, 0.2) is 18.2 Å². The highest BCUT2D eigenvalue weighted by molar-refractivity contribution is 8.00. The highest BCUT2D eigenvalue weighted by Crippen LogP contribution is 2.32. The van der Waals surface area contributed by atoms with Crippen LogP contribution < -0.4 is 14.8 Å². The molecule has 1 heterocycles. The van der Waals surface area contributed by atoms with Gasteiger partial charge < -0.3 is 14.8 Å². The van der Waals surface area contributed by atoms with Crippen molar-refractivity contribution in [2.75, 3.05) is 19.1 Å². The summed E-state index contributed by atoms with van der Waals surface area (Å²) in [7, 11) is 0. The van der Waals surface area contributed by atoms with Crippen molar-refractivity contribution in [3.8, 4) is 11.5 Å². The molecule has 0 spiro atoms. The Labute approximate surface area is 111 Å². The molecule has 1 aliphatic rings. The Hall–Kier alpha value is -1.57. The van der Waals surface area contributed by atoms with Crippen LogP contribution in [-0.2, 0) is 0 Å². The smallest absolute Gasteiger partial charge is 0.441 e. The second-order valence-corrected chi connectivity index (χ2v) is 4.78. The molecule has 0 fully saturated rings. The first-order chi connectivity index (χ1) is 8.96. The van der Waals surface area contributed by atoms with Crippen LogP contribution in [0.2, 0.25) is 0 Å². The molecule has 0 radical (unpaired) electrons. The molecular formula is C11H10F3NO3S. The van der Waals surface area contributed by atoms with Gasteiger partial charge in [-0.2, -0.15) is 13.2 Å². The quantitative estimate of drug-likeness (QED) is 0.866. The van der Waals surface area contributed by atoms with Crippen LogP contribution >= 0.6 is 11.8 Å². The van der Waals surface area contributed by atoms with Gasteiger partial charge in [-0.15, -0.1) is 0 Å². The van der Waals surface area contributed by atoms with E-state index in [0.29, 0.717) is 17.1 Å². The molecular weight excluding hydrogens is 283 g/mol. The number of carbonyl (C=O) groups excluding carboxylic acids is 1. The first-order valence-corrected chi connectivity index (χ1v) is 6.33. The SMILES string of the molecule is O=C(NCCSC(F)(F)F)c1ccc2c(c1)OCO2. The number of halogens is 3. The fourth-order valence-corrected chi connectivity index (χ4v) is 1.91. The van der Waals surface area contributed by atoms with E-state index in [2.05, 4.69) is 5.32 Å². The lowest BCUT2D eigenvalue weighted by Gasteiger charge is -2.07. The minimum Gasteiger partial charge on any atom is -0.454 e. The van der Waals surface area contributed by atoms with Crippen LogP contribution in [0.25, 0.3) is 0 Å². The summed E-state index contributed by atoms with van der Waals surface area (Å²) >= 11 is -0.169. The molecule has 0 aliphatic carbocycles. The average molecular weight is 293 g/mol. The molecule has 104 valence electrons. The maximum absolute atomic E-state index is 11.9. The maximum Gasteiger partial charge on any atom is 0.441 e. The van der Waals surface area contributed by atoms with Crippen molar-refractivity contribution in [2.45, 2.75) is 5.51 Å². The van der Waals surface area contributed by atoms with Gasteiger partial charge in [-0.1, -0.05) is 0 Å². The fraction of sp³-hybridized carbons (Fsp3) is 0.364. The molecule has 0 bridgehead atoms. The third-order valence-electron chi connectivity index (χ3n) is 2.29. The van der Waals surface area contributed by atoms with Gasteiger partial charge in [0.2, 0.25) is 6.79 Å². The molecule has 4 nitrogen and oxygen atoms in total. The van der Waals surface area contributed by atoms with Crippen LogP contribution in [0.4, 0.5) is 13.2 Å². The minimum atomic E-state index is -4.27. The summed E-state index contributed by atoms with van der Waals surface area (Å²) in [6.07, 6.45) is 0. The Kier molecular flexibility index (Phi) is 4.08. The predicted molar refractivity (Wildman–Crippen MR) is 63.4 cm³/mol. The molecule has 2 rings (SSSR count). The Morgan fingerprint density at radius 2 is 2.05 bits per heavy atom. The standard InChI is InChI=1S/C11H10F3NO3S/c12-11(13,14)19-4-3-15-10(16)7-1-2-8-9(5-7)18-6-17-8/h1-2,5H,3-4,6H2,(H,15,16). The van der Waals surface area contributed by atoms with Gasteiger partial charge in [-0.3, -0.25) is 4.79 Å². The number of amides is 1. The van der Waals surface area contributed by atoms with Crippen LogP contribution in [0.5, 0.6) is 11.5 Å². The zero-order chi connectivity index (χ0) is 13.9. The number of thioether (sulfide) groups is 1. The third kappa shape index (κ3) is 3.95. The monoisotopic (exact) mass is 293 g/mol. The van der Waals surface area contributed by atoms with Gasteiger partial charge in [0.25, 0.3) is 5.91 Å². The van der Waals surface area contributed by atoms with Gasteiger partial charge >= 0.3 is 5.51 Å². The van der Waals surface area contributed by atoms with E-state index in [4.69, 9.17) is 9.47 Å². The molecule has 0 aromatic heterocycles. The van der Waals surface area contributed by atoms with Crippen molar-refractivity contribution in [3.05, 3.63) is 23.8 Å². The number of alkyl halides is 3. The average Bonchev–Trinajstić information content (AvgIpc) is 2.80. The number of rotatable bonds is 4. The van der Waals surface area contributed by atoms with E-state index in [9.17, 15) is 18.0 Å². The molecule has 1 N–H and O–H groups in total. The zero-order valence-electron chi connectivity index (χ0n) is 9.62. The first kappa shape index (κ1) is 13.9. The highest BCUT2D eigenvalue weighted by atomic mass is 32.2. The van der Waals surface area contributed by atoms with E-state index in [-0.39, 0.29) is 30.9 Å². The molecule has 1 aliphatic heterocycles. The maximum atomic E-state index is 11.9. The summed E-state index contributed by atoms with van der Waals surface area (Å²) in [6.45, 7) is 0.0417. The van der Waals surface area contributed by atoms with Crippen molar-refractivity contribution in [2.24, 2.45) is 0 Å². The Morgan fingerprint density at radius 3 is 2.79 bits per heavy atom. The van der Waals surface area contributed by atoms with Gasteiger partial charge in [0.1, 0.15) is 0 Å². The zero-order valence-corrected chi connectivity index (χ0v) is 10.4. The Morgan fingerprint density at radius 1 is 1.32 bits per heavy atom. The molecule has 0 saturated carbocycles. The second kappa shape index (κ2) is 5.60. The normalized spacial score (nSPS) is 13.4. The molecule has 19 heavy (non-hydrogen) atoms. The molecule has 1 aromatic carbocycles. The Bertz CT molecular complexity index is 479. The third-order valence-corrected chi connectivity index (χ3v) is 3.02. The van der Waals surface area contributed by atoms with E-state index in [1.54, 1.807) is 6.07 Å². The van der Waals surface area contributed by atoms with Crippen LogP contribution in [-0.4, -0.2) is 30.5 Å². The molecule has 1 aromatic rings. The van der Waals surface area contributed by atoms with E-state index in [1.165, 1.54) is 12.1 Å². The van der Waals surface area contributed by atoms with Gasteiger partial charge in [0.15, 0.2) is 11.5 Å². The number of nitrogens with one attached hydrogen (secondary N) is 1. The van der Waals surface area contributed by atoms with Crippen LogP contribution in [0.3, 0.4) is 0 Å². The molecule has 0 saturated heterocycles. The minimum absolute atomic E-state index is 0.0581. The highest BCUT2D eigenvalue weighted by Gasteiger charge is 2.27. The van der Waals surface area contributed by atoms with E-state index < -0.39 is 11.4 Å². The molecule has 8 heteroatoms. The summed E-state index contributed by atoms with van der Waals surface area (Å²) in [5.41, 5.74) is -3.95. The molecule has 1 amide bonds. The van der Waals surface area contributed by atoms with Crippen molar-refractivity contribution in [1.82, 2.24) is 5.32 Å². The van der Waals surface area contributed by atoms with Gasteiger partial charge in [0, 0.05) is 17.9 Å². The second-order valence-electron chi connectivity index (χ2n) is 3.62. The van der Waals surface area contributed by atoms with Crippen molar-refractivity contribution in [1.29, 1.82) is 0 Å². The number of hydrogen-bond acceptors (Lipinski definition) is 4. The fourth-order valence-electron chi connectivity index (χ4n) is 1.47. The number of ether oxygens (including phenoxy) is 2. The van der Waals surface area contributed by atoms with Crippen LogP contribution in [0.1, 0.15) is 10.4 Å². The van der Waals surface area contributed by atoms with Gasteiger partial charge in [-0.05, 0) is 30.0 Å². The number of carbonyl (C=O) groups is 1. The summed E-state index contributed by atoms with van der Waals surface area (Å²) in [6, 6.07) is 4.61. The van der Waals surface area contributed by atoms with Gasteiger partial charge in [-0.25, -0.2) is 0 Å². The number of fused-ring (bicyclic) bond motifs is 1. The summed E-state index contributed by atoms with van der Waals surface area (Å²) in [5.74, 6) is 0.336. The van der Waals surface area contributed by atoms with E-state index in [0.717, 1.165) is 0 Å². The Balaban J connectivity index is 1.83. The van der Waals surface area contributed by atoms with Crippen molar-refractivity contribution in [3.63, 3.8) is 0 Å². The largest absolute Gasteiger partial charge is 0.454 e. The predicted octanol–water partition coefficient (Wildman–Crippen LogP) is 2.40. The summed E-state index contributed by atoms with van der Waals surface area (Å²) in [5, 5.41) is 2.41. The molecule has 0 unspecified atom stereocenters. The summed E-state index contributed by atoms with van der Waals surface area (Å²) in [4.78, 5) is 11.7. The lowest BCUT2D eigenvalue weighted by atomic mass is 10.2. The van der Waals surface area contributed by atoms with E-state index >= 15 is 0 Å². The van der Waals surface area contributed by atoms with Crippen LogP contribution in [0, 0.1) is 0 Å². The molecule has 0 atom stereocenters. The van der Waals surface area contributed by atoms with Gasteiger partial charge in [0.05, 0.1) is 0 Å².